The number of hydrogen-bond acceptors (Lipinski definition) is 3. The van der Waals surface area contributed by atoms with E-state index in [9.17, 15) is 9.90 Å². The number of rotatable bonds is 3. The highest BCUT2D eigenvalue weighted by atomic mass is 16.5. The Morgan fingerprint density at radius 1 is 1.67 bits per heavy atom. The second-order valence-electron chi connectivity index (χ2n) is 3.30. The largest absolute Gasteiger partial charge is 0.550 e. The third-order valence-corrected chi connectivity index (χ3v) is 2.41. The molecule has 12 heavy (non-hydrogen) atoms. The Labute approximate surface area is 72.7 Å². The van der Waals surface area contributed by atoms with Gasteiger partial charge in [-0.15, -0.1) is 0 Å². The summed E-state index contributed by atoms with van der Waals surface area (Å²) < 4.78 is 5.45. The van der Waals surface area contributed by atoms with E-state index in [4.69, 9.17) is 4.74 Å². The third-order valence-electron chi connectivity index (χ3n) is 2.41. The van der Waals surface area contributed by atoms with Crippen molar-refractivity contribution in [3.05, 3.63) is 0 Å². The van der Waals surface area contributed by atoms with Crippen molar-refractivity contribution in [2.75, 3.05) is 6.61 Å². The van der Waals surface area contributed by atoms with Crippen molar-refractivity contribution in [3.8, 4) is 0 Å². The Morgan fingerprint density at radius 3 is 3.00 bits per heavy atom. The Bertz CT molecular complexity index is 156. The fourth-order valence-electron chi connectivity index (χ4n) is 1.80. The molecule has 1 aliphatic heterocycles. The van der Waals surface area contributed by atoms with Gasteiger partial charge >= 0.3 is 0 Å². The molecule has 0 aromatic carbocycles. The minimum Gasteiger partial charge on any atom is -0.550 e. The lowest BCUT2D eigenvalue weighted by molar-refractivity contribution is -0.307. The molecule has 1 fully saturated rings. The van der Waals surface area contributed by atoms with Crippen LogP contribution < -0.4 is 5.11 Å². The molecule has 1 saturated heterocycles. The standard InChI is InChI=1S/C9H16O3/c1-2-8-7(6-9(10)11)4-3-5-12-8/h7-8H,2-6H2,1H3,(H,10,11)/p-1. The highest BCUT2D eigenvalue weighted by Gasteiger charge is 2.24. The lowest BCUT2D eigenvalue weighted by Gasteiger charge is -2.31. The average Bonchev–Trinajstić information content (AvgIpc) is 2.04. The topological polar surface area (TPSA) is 49.4 Å². The number of carbonyl (C=O) groups excluding carboxylic acids is 1. The highest BCUT2D eigenvalue weighted by Crippen LogP contribution is 2.25. The zero-order chi connectivity index (χ0) is 8.97. The van der Waals surface area contributed by atoms with Gasteiger partial charge in [0.15, 0.2) is 0 Å². The molecule has 0 N–H and O–H groups in total. The number of aliphatic carboxylic acids is 1. The molecule has 0 bridgehead atoms. The van der Waals surface area contributed by atoms with E-state index < -0.39 is 5.97 Å². The maximum atomic E-state index is 10.4. The van der Waals surface area contributed by atoms with Gasteiger partial charge in [0, 0.05) is 12.6 Å². The third kappa shape index (κ3) is 2.48. The molecular weight excluding hydrogens is 156 g/mol. The van der Waals surface area contributed by atoms with Gasteiger partial charge < -0.3 is 14.6 Å². The van der Waals surface area contributed by atoms with E-state index in [0.29, 0.717) is 0 Å². The van der Waals surface area contributed by atoms with Crippen LogP contribution in [-0.2, 0) is 9.53 Å². The van der Waals surface area contributed by atoms with E-state index in [1.54, 1.807) is 0 Å². The van der Waals surface area contributed by atoms with Crippen molar-refractivity contribution in [3.63, 3.8) is 0 Å². The van der Waals surface area contributed by atoms with Crippen LogP contribution >= 0.6 is 0 Å². The summed E-state index contributed by atoms with van der Waals surface area (Å²) in [5.74, 6) is -0.780. The van der Waals surface area contributed by atoms with Gasteiger partial charge in [-0.1, -0.05) is 6.92 Å². The van der Waals surface area contributed by atoms with Crippen molar-refractivity contribution in [1.29, 1.82) is 0 Å². The van der Waals surface area contributed by atoms with Gasteiger partial charge in [0.2, 0.25) is 0 Å². The summed E-state index contributed by atoms with van der Waals surface area (Å²) in [7, 11) is 0. The first kappa shape index (κ1) is 9.52. The van der Waals surface area contributed by atoms with Gasteiger partial charge in [0.1, 0.15) is 0 Å². The molecule has 2 atom stereocenters. The lowest BCUT2D eigenvalue weighted by Crippen LogP contribution is -2.34. The molecule has 0 aromatic rings. The molecule has 0 spiro atoms. The van der Waals surface area contributed by atoms with E-state index in [2.05, 4.69) is 0 Å². The predicted octanol–water partition coefficient (Wildman–Crippen LogP) is 0.332. The first-order valence-corrected chi connectivity index (χ1v) is 4.55. The summed E-state index contributed by atoms with van der Waals surface area (Å²) in [5.41, 5.74) is 0. The predicted molar refractivity (Wildman–Crippen MR) is 42.4 cm³/mol. The zero-order valence-corrected chi connectivity index (χ0v) is 7.41. The fourth-order valence-corrected chi connectivity index (χ4v) is 1.80. The lowest BCUT2D eigenvalue weighted by atomic mass is 9.90. The summed E-state index contributed by atoms with van der Waals surface area (Å²) in [5, 5.41) is 10.4. The Balaban J connectivity index is 2.41. The van der Waals surface area contributed by atoms with Gasteiger partial charge in [-0.05, 0) is 31.6 Å². The van der Waals surface area contributed by atoms with Crippen LogP contribution in [0.25, 0.3) is 0 Å². The second kappa shape index (κ2) is 4.45. The van der Waals surface area contributed by atoms with Crippen LogP contribution in [-0.4, -0.2) is 18.7 Å². The Hall–Kier alpha value is -0.570. The molecule has 0 saturated carbocycles. The molecule has 0 aliphatic carbocycles. The molecule has 1 heterocycles. The smallest absolute Gasteiger partial charge is 0.0604 e. The van der Waals surface area contributed by atoms with E-state index in [0.717, 1.165) is 25.9 Å². The molecule has 3 nitrogen and oxygen atoms in total. The van der Waals surface area contributed by atoms with Gasteiger partial charge in [0.05, 0.1) is 6.10 Å². The van der Waals surface area contributed by atoms with Crippen LogP contribution in [0.3, 0.4) is 0 Å². The van der Waals surface area contributed by atoms with Crippen molar-refractivity contribution in [2.24, 2.45) is 5.92 Å². The molecule has 3 heteroatoms. The monoisotopic (exact) mass is 171 g/mol. The molecule has 70 valence electrons. The number of ether oxygens (including phenoxy) is 1. The molecule has 1 aliphatic rings. The van der Waals surface area contributed by atoms with Crippen molar-refractivity contribution < 1.29 is 14.6 Å². The summed E-state index contributed by atoms with van der Waals surface area (Å²) in [4.78, 5) is 10.4. The zero-order valence-electron chi connectivity index (χ0n) is 7.41. The van der Waals surface area contributed by atoms with Crippen molar-refractivity contribution >= 4 is 5.97 Å². The number of carboxylic acid groups (broad SMARTS) is 1. The quantitative estimate of drug-likeness (QED) is 0.615. The van der Waals surface area contributed by atoms with Crippen LogP contribution in [0.4, 0.5) is 0 Å². The molecule has 2 unspecified atom stereocenters. The minimum atomic E-state index is -0.955. The van der Waals surface area contributed by atoms with Gasteiger partial charge in [-0.3, -0.25) is 0 Å². The van der Waals surface area contributed by atoms with Crippen LogP contribution in [0, 0.1) is 5.92 Å². The van der Waals surface area contributed by atoms with E-state index in [-0.39, 0.29) is 18.4 Å². The highest BCUT2D eigenvalue weighted by molar-refractivity contribution is 5.64. The second-order valence-corrected chi connectivity index (χ2v) is 3.30. The van der Waals surface area contributed by atoms with Crippen LogP contribution in [0.15, 0.2) is 0 Å². The van der Waals surface area contributed by atoms with E-state index in [1.165, 1.54) is 0 Å². The summed E-state index contributed by atoms with van der Waals surface area (Å²) in [6.07, 6.45) is 3.13. The maximum Gasteiger partial charge on any atom is 0.0604 e. The van der Waals surface area contributed by atoms with Crippen LogP contribution in [0.5, 0.6) is 0 Å². The van der Waals surface area contributed by atoms with E-state index in [1.807, 2.05) is 6.92 Å². The van der Waals surface area contributed by atoms with Crippen molar-refractivity contribution in [1.82, 2.24) is 0 Å². The normalized spacial score (nSPS) is 30.1. The van der Waals surface area contributed by atoms with Gasteiger partial charge in [-0.2, -0.15) is 0 Å². The van der Waals surface area contributed by atoms with Crippen LogP contribution in [0.1, 0.15) is 32.6 Å². The minimum absolute atomic E-state index is 0.136. The Kier molecular flexibility index (Phi) is 3.53. The molecule has 0 amide bonds. The molecular formula is C9H15O3-. The molecule has 0 aromatic heterocycles. The summed E-state index contributed by atoms with van der Waals surface area (Å²) >= 11 is 0. The number of carboxylic acids is 1. The van der Waals surface area contributed by atoms with E-state index >= 15 is 0 Å². The molecule has 1 rings (SSSR count). The van der Waals surface area contributed by atoms with Crippen molar-refractivity contribution in [2.45, 2.75) is 38.7 Å². The summed E-state index contributed by atoms with van der Waals surface area (Å²) in [6.45, 7) is 2.81. The first-order chi connectivity index (χ1) is 5.74. The maximum absolute atomic E-state index is 10.4. The van der Waals surface area contributed by atoms with Crippen LogP contribution in [0.2, 0.25) is 0 Å². The van der Waals surface area contributed by atoms with Gasteiger partial charge in [-0.25, -0.2) is 0 Å². The average molecular weight is 171 g/mol. The molecule has 0 radical (unpaired) electrons. The number of hydrogen-bond donors (Lipinski definition) is 0. The van der Waals surface area contributed by atoms with Gasteiger partial charge in [0.25, 0.3) is 0 Å². The first-order valence-electron chi connectivity index (χ1n) is 4.55. The SMILES string of the molecule is CCC1OCCCC1CC(=O)[O-]. The fraction of sp³-hybridized carbons (Fsp3) is 0.889. The Morgan fingerprint density at radius 2 is 2.42 bits per heavy atom. The number of carbonyl (C=O) groups is 1. The summed E-state index contributed by atoms with van der Waals surface area (Å²) in [6, 6.07) is 0.